The molecule has 0 atom stereocenters. The van der Waals surface area contributed by atoms with E-state index in [1.54, 1.807) is 36.5 Å². The third-order valence-electron chi connectivity index (χ3n) is 5.35. The number of halogens is 2. The van der Waals surface area contributed by atoms with Crippen LogP contribution in [0.5, 0.6) is 0 Å². The molecule has 2 amide bonds. The van der Waals surface area contributed by atoms with Crippen molar-refractivity contribution in [3.8, 4) is 0 Å². The molecule has 0 saturated carbocycles. The predicted octanol–water partition coefficient (Wildman–Crippen LogP) is 6.08. The minimum absolute atomic E-state index is 0.0434. The summed E-state index contributed by atoms with van der Waals surface area (Å²) in [5.74, 6) is -0.149. The molecular formula is C24H22Cl2N6O2. The zero-order chi connectivity index (χ0) is 24.6. The highest BCUT2D eigenvalue weighted by Gasteiger charge is 2.23. The first kappa shape index (κ1) is 23.5. The van der Waals surface area contributed by atoms with E-state index >= 15 is 0 Å². The van der Waals surface area contributed by atoms with Crippen LogP contribution in [0.4, 0.5) is 22.0 Å². The highest BCUT2D eigenvalue weighted by molar-refractivity contribution is 6.36. The molecule has 0 unspecified atom stereocenters. The lowest BCUT2D eigenvalue weighted by Crippen LogP contribution is -2.20. The van der Waals surface area contributed by atoms with Crippen molar-refractivity contribution >= 4 is 63.2 Å². The summed E-state index contributed by atoms with van der Waals surface area (Å²) in [7, 11) is 0. The average molecular weight is 497 g/mol. The van der Waals surface area contributed by atoms with Crippen molar-refractivity contribution < 1.29 is 9.59 Å². The van der Waals surface area contributed by atoms with Crippen LogP contribution in [0.15, 0.2) is 48.9 Å². The van der Waals surface area contributed by atoms with E-state index in [0.717, 1.165) is 5.56 Å². The number of hydrogen-bond acceptors (Lipinski definition) is 5. The van der Waals surface area contributed by atoms with E-state index < -0.39 is 6.03 Å². The van der Waals surface area contributed by atoms with Crippen molar-refractivity contribution in [1.29, 1.82) is 0 Å². The van der Waals surface area contributed by atoms with E-state index in [1.807, 2.05) is 25.3 Å². The standard InChI is InChI=1S/C24H22Cl2N6O2/c1-12(2)32-10-17(20-22(27)28-11-29-23(20)32)21(33)16-9-15(5-6-18(16)26)30-24(34)31-19-7-4-14(25)8-13(19)3/h4-12H,1-3H3,(H2,27,28,29)(H2,30,31,34). The Balaban J connectivity index is 1.65. The van der Waals surface area contributed by atoms with Gasteiger partial charge in [-0.1, -0.05) is 23.2 Å². The molecular weight excluding hydrogens is 475 g/mol. The second-order valence-corrected chi connectivity index (χ2v) is 8.91. The lowest BCUT2D eigenvalue weighted by Gasteiger charge is -2.12. The van der Waals surface area contributed by atoms with Gasteiger partial charge >= 0.3 is 6.03 Å². The molecule has 0 fully saturated rings. The molecule has 4 aromatic rings. The van der Waals surface area contributed by atoms with E-state index in [1.165, 1.54) is 12.4 Å². The Morgan fingerprint density at radius 3 is 2.50 bits per heavy atom. The van der Waals surface area contributed by atoms with Gasteiger partial charge in [-0.15, -0.1) is 0 Å². The van der Waals surface area contributed by atoms with Crippen LogP contribution >= 0.6 is 23.2 Å². The normalized spacial score (nSPS) is 11.1. The Morgan fingerprint density at radius 1 is 1.03 bits per heavy atom. The number of anilines is 3. The van der Waals surface area contributed by atoms with Crippen molar-refractivity contribution in [2.75, 3.05) is 16.4 Å². The zero-order valence-electron chi connectivity index (χ0n) is 18.7. The van der Waals surface area contributed by atoms with Crippen LogP contribution in [0.25, 0.3) is 11.0 Å². The first-order valence-corrected chi connectivity index (χ1v) is 11.2. The maximum Gasteiger partial charge on any atom is 0.323 e. The third-order valence-corrected chi connectivity index (χ3v) is 5.91. The molecule has 0 spiro atoms. The van der Waals surface area contributed by atoms with Crippen molar-refractivity contribution in [3.63, 3.8) is 0 Å². The highest BCUT2D eigenvalue weighted by Crippen LogP contribution is 2.31. The maximum atomic E-state index is 13.5. The number of nitrogens with zero attached hydrogens (tertiary/aromatic N) is 3. The van der Waals surface area contributed by atoms with Gasteiger partial charge in [0.2, 0.25) is 0 Å². The van der Waals surface area contributed by atoms with E-state index in [9.17, 15) is 9.59 Å². The van der Waals surface area contributed by atoms with Gasteiger partial charge in [-0.3, -0.25) is 4.79 Å². The number of hydrogen-bond donors (Lipinski definition) is 3. The van der Waals surface area contributed by atoms with E-state index in [4.69, 9.17) is 28.9 Å². The second-order valence-electron chi connectivity index (χ2n) is 8.06. The summed E-state index contributed by atoms with van der Waals surface area (Å²) in [6, 6.07) is 9.41. The van der Waals surface area contributed by atoms with E-state index in [2.05, 4.69) is 20.6 Å². The molecule has 4 rings (SSSR count). The fourth-order valence-electron chi connectivity index (χ4n) is 3.65. The summed E-state index contributed by atoms with van der Waals surface area (Å²) in [4.78, 5) is 34.4. The van der Waals surface area contributed by atoms with Crippen molar-refractivity contribution in [3.05, 3.63) is 75.7 Å². The zero-order valence-corrected chi connectivity index (χ0v) is 20.2. The summed E-state index contributed by atoms with van der Waals surface area (Å²) in [6.07, 6.45) is 3.07. The van der Waals surface area contributed by atoms with Crippen LogP contribution in [0, 0.1) is 6.92 Å². The molecule has 10 heteroatoms. The summed E-state index contributed by atoms with van der Waals surface area (Å²) >= 11 is 12.3. The van der Waals surface area contributed by atoms with Crippen LogP contribution in [0.1, 0.15) is 41.4 Å². The molecule has 2 heterocycles. The fraction of sp³-hybridized carbons (Fsp3) is 0.167. The lowest BCUT2D eigenvalue weighted by molar-refractivity contribution is 0.104. The number of urea groups is 1. The maximum absolute atomic E-state index is 13.5. The van der Waals surface area contributed by atoms with Crippen LogP contribution in [-0.4, -0.2) is 26.3 Å². The smallest absolute Gasteiger partial charge is 0.323 e. The van der Waals surface area contributed by atoms with Crippen LogP contribution in [0.2, 0.25) is 10.0 Å². The number of benzene rings is 2. The SMILES string of the molecule is Cc1cc(Cl)ccc1NC(=O)Nc1ccc(Cl)c(C(=O)c2cn(C(C)C)c3ncnc(N)c23)c1. The molecule has 2 aromatic carbocycles. The Kier molecular flexibility index (Phi) is 6.45. The minimum Gasteiger partial charge on any atom is -0.383 e. The molecule has 0 aliphatic carbocycles. The summed E-state index contributed by atoms with van der Waals surface area (Å²) in [5.41, 5.74) is 9.03. The average Bonchev–Trinajstić information content (AvgIpc) is 3.18. The molecule has 34 heavy (non-hydrogen) atoms. The van der Waals surface area contributed by atoms with Crippen LogP contribution < -0.4 is 16.4 Å². The predicted molar refractivity (Wildman–Crippen MR) is 136 cm³/mol. The lowest BCUT2D eigenvalue weighted by atomic mass is 10.0. The first-order chi connectivity index (χ1) is 16.2. The van der Waals surface area contributed by atoms with Gasteiger partial charge in [0.05, 0.1) is 16.0 Å². The van der Waals surface area contributed by atoms with Gasteiger partial charge < -0.3 is 20.9 Å². The minimum atomic E-state index is -0.472. The molecule has 0 bridgehead atoms. The van der Waals surface area contributed by atoms with Crippen molar-refractivity contribution in [2.45, 2.75) is 26.8 Å². The fourth-order valence-corrected chi connectivity index (χ4v) is 4.08. The van der Waals surface area contributed by atoms with Gasteiger partial charge in [-0.05, 0) is 62.7 Å². The number of amides is 2. The Morgan fingerprint density at radius 2 is 1.79 bits per heavy atom. The molecule has 2 aromatic heterocycles. The molecule has 0 aliphatic heterocycles. The quantitative estimate of drug-likeness (QED) is 0.289. The molecule has 8 nitrogen and oxygen atoms in total. The van der Waals surface area contributed by atoms with Gasteiger partial charge in [-0.25, -0.2) is 14.8 Å². The topological polar surface area (TPSA) is 115 Å². The first-order valence-electron chi connectivity index (χ1n) is 10.4. The Hall–Kier alpha value is -3.62. The number of nitrogen functional groups attached to an aromatic ring is 1. The van der Waals surface area contributed by atoms with Crippen molar-refractivity contribution in [2.24, 2.45) is 0 Å². The van der Waals surface area contributed by atoms with E-state index in [0.29, 0.717) is 33.0 Å². The van der Waals surface area contributed by atoms with Gasteiger partial charge in [0.25, 0.3) is 0 Å². The van der Waals surface area contributed by atoms with Crippen LogP contribution in [-0.2, 0) is 0 Å². The number of nitrogens with two attached hydrogens (primary N) is 1. The largest absolute Gasteiger partial charge is 0.383 e. The molecule has 4 N–H and O–H groups in total. The van der Waals surface area contributed by atoms with Gasteiger partial charge in [0.1, 0.15) is 17.8 Å². The van der Waals surface area contributed by atoms with E-state index in [-0.39, 0.29) is 28.2 Å². The molecule has 0 saturated heterocycles. The number of fused-ring (bicyclic) bond motifs is 1. The van der Waals surface area contributed by atoms with Gasteiger partial charge in [-0.2, -0.15) is 0 Å². The second kappa shape index (κ2) is 9.32. The number of carbonyl (C=O) groups excluding carboxylic acids is 2. The van der Waals surface area contributed by atoms with Gasteiger partial charge in [0, 0.05) is 34.2 Å². The molecule has 0 radical (unpaired) electrons. The van der Waals surface area contributed by atoms with Gasteiger partial charge in [0.15, 0.2) is 5.78 Å². The highest BCUT2D eigenvalue weighted by atomic mass is 35.5. The summed E-state index contributed by atoms with van der Waals surface area (Å²) < 4.78 is 1.86. The third kappa shape index (κ3) is 4.55. The number of ketones is 1. The number of aromatic nitrogens is 3. The number of aryl methyl sites for hydroxylation is 1. The monoisotopic (exact) mass is 496 g/mol. The Bertz CT molecular complexity index is 1430. The number of nitrogens with one attached hydrogen (secondary N) is 2. The Labute approximate surface area is 206 Å². The number of carbonyl (C=O) groups is 2. The molecule has 174 valence electrons. The molecule has 0 aliphatic rings. The van der Waals surface area contributed by atoms with Crippen LogP contribution in [0.3, 0.4) is 0 Å². The summed E-state index contributed by atoms with van der Waals surface area (Å²) in [5, 5.41) is 6.78. The summed E-state index contributed by atoms with van der Waals surface area (Å²) in [6.45, 7) is 5.79. The van der Waals surface area contributed by atoms with Crippen molar-refractivity contribution in [1.82, 2.24) is 14.5 Å². The number of rotatable bonds is 5.